The number of hydrogen-bond donors (Lipinski definition) is 4. The molecule has 2 unspecified atom stereocenters. The molecule has 0 aliphatic carbocycles. The summed E-state index contributed by atoms with van der Waals surface area (Å²) in [5.74, 6) is -3.50. The molecular weight excluding hydrogens is 891 g/mol. The average molecular weight is 928 g/mol. The van der Waals surface area contributed by atoms with E-state index in [1.54, 1.807) is 41.3 Å². The van der Waals surface area contributed by atoms with Crippen LogP contribution in [0.5, 0.6) is 17.2 Å². The van der Waals surface area contributed by atoms with Crippen LogP contribution in [0.3, 0.4) is 0 Å². The molecule has 5 aromatic carbocycles. The molecule has 0 saturated carbocycles. The first kappa shape index (κ1) is 45.8. The molecule has 4 N–H and O–H groups in total. The molecule has 2 aliphatic heterocycles. The largest absolute Gasteiger partial charge is 0.505 e. The molecule has 2 aliphatic rings. The number of amides is 1. The summed E-state index contributed by atoms with van der Waals surface area (Å²) in [5.41, 5.74) is 0.408. The number of phenols is 1. The fourth-order valence-electron chi connectivity index (χ4n) is 6.88. The van der Waals surface area contributed by atoms with Gasteiger partial charge in [-0.25, -0.2) is 18.5 Å². The molecule has 0 aromatic heterocycles. The lowest BCUT2D eigenvalue weighted by Gasteiger charge is -2.20. The zero-order valence-corrected chi connectivity index (χ0v) is 35.8. The van der Waals surface area contributed by atoms with E-state index in [0.29, 0.717) is 48.2 Å². The summed E-state index contributed by atoms with van der Waals surface area (Å²) >= 11 is 0.502. The Bertz CT molecular complexity index is 2860. The number of azo groups is 3. The van der Waals surface area contributed by atoms with Crippen molar-refractivity contribution in [2.45, 2.75) is 34.7 Å². The Balaban J connectivity index is 1.12. The lowest BCUT2D eigenvalue weighted by molar-refractivity contribution is -0.432. The number of likely N-dealkylation sites (tertiary alicyclic amines) is 1. The van der Waals surface area contributed by atoms with Gasteiger partial charge in [0.15, 0.2) is 21.3 Å². The standard InChI is InChI=1S/C41H37N9O13S2/c1-60-32-22-30(33(61-2)21-29(32)44-42-24-12-14-27(15-13-24)65(58,59)18-17-49-16-6-9-31(49)40(53)54)45-46-35-34(64-63-62-57)19-23-10-11-25(20-28(23)38(35)51)43-47-36-37(41(55)56)48-50(39(36)52)26-7-4-3-5-8-26/h3-5,7-8,10-15,19-22,31,36,51,57H,6,9,16-18H2,1-2H3,(H,53,54)(H,55,56). The molecule has 7 rings (SSSR count). The molecule has 0 spiro atoms. The molecule has 24 heteroatoms. The maximum Gasteiger partial charge on any atom is 0.355 e. The van der Waals surface area contributed by atoms with Crippen molar-refractivity contribution >= 4 is 90.3 Å². The van der Waals surface area contributed by atoms with Gasteiger partial charge in [0, 0.05) is 24.1 Å². The van der Waals surface area contributed by atoms with Crippen LogP contribution in [0.25, 0.3) is 10.8 Å². The van der Waals surface area contributed by atoms with Gasteiger partial charge in [-0.2, -0.15) is 25.5 Å². The van der Waals surface area contributed by atoms with Gasteiger partial charge in [-0.05, 0) is 79.4 Å². The second-order valence-electron chi connectivity index (χ2n) is 14.0. The summed E-state index contributed by atoms with van der Waals surface area (Å²) in [4.78, 5) is 38.5. The van der Waals surface area contributed by atoms with Crippen molar-refractivity contribution in [3.63, 3.8) is 0 Å². The van der Waals surface area contributed by atoms with E-state index in [0.717, 1.165) is 5.01 Å². The van der Waals surface area contributed by atoms with Crippen LogP contribution in [0.2, 0.25) is 0 Å². The number of carbonyl (C=O) groups is 3. The zero-order chi connectivity index (χ0) is 46.3. The van der Waals surface area contributed by atoms with Crippen LogP contribution in [-0.4, -0.2) is 103 Å². The second-order valence-corrected chi connectivity index (χ2v) is 16.9. The number of fused-ring (bicyclic) bond motifs is 1. The monoisotopic (exact) mass is 927 g/mol. The molecule has 2 atom stereocenters. The highest BCUT2D eigenvalue weighted by atomic mass is 32.2. The van der Waals surface area contributed by atoms with E-state index in [4.69, 9.17) is 14.7 Å². The van der Waals surface area contributed by atoms with Gasteiger partial charge in [0.25, 0.3) is 5.91 Å². The summed E-state index contributed by atoms with van der Waals surface area (Å²) < 4.78 is 41.8. The van der Waals surface area contributed by atoms with E-state index in [-0.39, 0.29) is 61.7 Å². The number of ether oxygens (including phenoxy) is 2. The molecule has 336 valence electrons. The van der Waals surface area contributed by atoms with Gasteiger partial charge in [0.2, 0.25) is 6.04 Å². The van der Waals surface area contributed by atoms with Crippen molar-refractivity contribution in [2.24, 2.45) is 35.8 Å². The third-order valence-electron chi connectivity index (χ3n) is 10.1. The fraction of sp³-hybridized carbons (Fsp3) is 0.220. The molecule has 5 aromatic rings. The van der Waals surface area contributed by atoms with E-state index in [1.165, 1.54) is 68.8 Å². The van der Waals surface area contributed by atoms with Gasteiger partial charge in [-0.1, -0.05) is 29.3 Å². The SMILES string of the molecule is COc1cc(N=Nc2c(SOOO)cc3ccc(N=NC4C(=O)N(c5ccccc5)N=C4C(=O)O)cc3c2O)c(OC)cc1N=Nc1ccc(S(=O)(=O)CCN2CCCC2C(=O)O)cc1. The minimum absolute atomic E-state index is 0.0522. The van der Waals surface area contributed by atoms with E-state index in [2.05, 4.69) is 45.2 Å². The summed E-state index contributed by atoms with van der Waals surface area (Å²) in [6.07, 6.45) is 1.17. The van der Waals surface area contributed by atoms with Crippen LogP contribution in [0, 0.1) is 0 Å². The maximum atomic E-state index is 13.2. The summed E-state index contributed by atoms with van der Waals surface area (Å²) in [7, 11) is -0.970. The molecule has 1 amide bonds. The third kappa shape index (κ3) is 10.3. The number of anilines is 1. The highest BCUT2D eigenvalue weighted by molar-refractivity contribution is 7.94. The number of sulfone groups is 1. The second kappa shape index (κ2) is 20.1. The topological polar surface area (TPSA) is 296 Å². The van der Waals surface area contributed by atoms with Crippen LogP contribution in [0.15, 0.2) is 137 Å². The van der Waals surface area contributed by atoms with Crippen molar-refractivity contribution in [3.05, 3.63) is 91.0 Å². The lowest BCUT2D eigenvalue weighted by Crippen LogP contribution is -2.38. The predicted octanol–water partition coefficient (Wildman–Crippen LogP) is 8.08. The number of para-hydroxylation sites is 1. The number of benzene rings is 5. The quantitative estimate of drug-likeness (QED) is 0.0279. The van der Waals surface area contributed by atoms with Crippen molar-refractivity contribution in [1.29, 1.82) is 0 Å². The summed E-state index contributed by atoms with van der Waals surface area (Å²) in [6.45, 7) is 0.616. The first-order valence-electron chi connectivity index (χ1n) is 19.3. The molecule has 0 radical (unpaired) electrons. The Hall–Kier alpha value is -7.22. The highest BCUT2D eigenvalue weighted by Crippen LogP contribution is 2.47. The van der Waals surface area contributed by atoms with Crippen LogP contribution < -0.4 is 14.5 Å². The van der Waals surface area contributed by atoms with Gasteiger partial charge in [-0.3, -0.25) is 14.5 Å². The van der Waals surface area contributed by atoms with Gasteiger partial charge in [0.05, 0.1) is 58.9 Å². The molecule has 22 nitrogen and oxygen atoms in total. The van der Waals surface area contributed by atoms with E-state index in [9.17, 15) is 38.1 Å². The minimum atomic E-state index is -3.72. The smallest absolute Gasteiger partial charge is 0.355 e. The molecule has 65 heavy (non-hydrogen) atoms. The fourth-order valence-corrected chi connectivity index (χ4v) is 8.63. The number of aliphatic carboxylic acids is 2. The number of carboxylic acid groups (broad SMARTS) is 2. The number of hydrogen-bond acceptors (Lipinski definition) is 20. The molecule has 1 fully saturated rings. The lowest BCUT2D eigenvalue weighted by atomic mass is 10.1. The van der Waals surface area contributed by atoms with Crippen LogP contribution >= 0.6 is 12.0 Å². The van der Waals surface area contributed by atoms with Gasteiger partial charge >= 0.3 is 11.9 Å². The maximum absolute atomic E-state index is 13.2. The number of carboxylic acids is 2. The van der Waals surface area contributed by atoms with Crippen LogP contribution in [-0.2, 0) is 33.6 Å². The number of hydrazone groups is 1. The number of rotatable bonds is 18. The van der Waals surface area contributed by atoms with Crippen molar-refractivity contribution in [1.82, 2.24) is 4.90 Å². The highest BCUT2D eigenvalue weighted by Gasteiger charge is 2.41. The van der Waals surface area contributed by atoms with E-state index >= 15 is 0 Å². The Morgan fingerprint density at radius 2 is 1.54 bits per heavy atom. The van der Waals surface area contributed by atoms with Gasteiger partial charge in [-0.15, -0.1) is 19.7 Å². The summed E-state index contributed by atoms with van der Waals surface area (Å²) in [5, 5.41) is 74.0. The predicted molar refractivity (Wildman–Crippen MR) is 232 cm³/mol. The Kier molecular flexibility index (Phi) is 14.2. The Morgan fingerprint density at radius 3 is 2.18 bits per heavy atom. The normalized spacial score (nSPS) is 16.9. The van der Waals surface area contributed by atoms with Crippen LogP contribution in [0.1, 0.15) is 12.8 Å². The van der Waals surface area contributed by atoms with E-state index in [1.807, 2.05) is 0 Å². The van der Waals surface area contributed by atoms with Crippen molar-refractivity contribution in [3.8, 4) is 17.2 Å². The average Bonchev–Trinajstić information content (AvgIpc) is 3.93. The number of methoxy groups -OCH3 is 2. The number of phenolic OH excluding ortho intramolecular Hbond substituents is 1. The first-order chi connectivity index (χ1) is 31.3. The number of carbonyl (C=O) groups excluding carboxylic acids is 1. The number of nitrogens with zero attached hydrogens (tertiary/aromatic N) is 9. The zero-order valence-electron chi connectivity index (χ0n) is 34.2. The van der Waals surface area contributed by atoms with Gasteiger partial charge in [0.1, 0.15) is 34.6 Å². The van der Waals surface area contributed by atoms with Crippen LogP contribution in [0.4, 0.5) is 34.1 Å². The summed E-state index contributed by atoms with van der Waals surface area (Å²) in [6, 6.07) is 20.6. The Labute approximate surface area is 373 Å². The molecule has 0 bridgehead atoms. The first-order valence-corrected chi connectivity index (χ1v) is 21.7. The minimum Gasteiger partial charge on any atom is -0.505 e. The van der Waals surface area contributed by atoms with Gasteiger partial charge < -0.3 is 24.8 Å². The molecule has 2 heterocycles. The third-order valence-corrected chi connectivity index (χ3v) is 12.4. The molecular formula is C41H37N9O13S2. The molecule has 1 saturated heterocycles. The van der Waals surface area contributed by atoms with Crippen molar-refractivity contribution in [2.75, 3.05) is 38.1 Å². The Morgan fingerprint density at radius 1 is 0.862 bits per heavy atom. The van der Waals surface area contributed by atoms with E-state index < -0.39 is 51.2 Å². The number of aromatic hydroxyl groups is 1. The van der Waals surface area contributed by atoms with Crippen molar-refractivity contribution < 1.29 is 62.2 Å².